The molecule has 0 saturated heterocycles. The van der Waals surface area contributed by atoms with Crippen LogP contribution in [0.2, 0.25) is 0 Å². The van der Waals surface area contributed by atoms with E-state index in [4.69, 9.17) is 11.6 Å². The Kier molecular flexibility index (Phi) is 4.27. The number of hydrogen-bond donors (Lipinski definition) is 5. The van der Waals surface area contributed by atoms with E-state index in [1.54, 1.807) is 6.07 Å². The van der Waals surface area contributed by atoms with Crippen LogP contribution in [0.1, 0.15) is 20.8 Å². The molecule has 1 amide bonds. The van der Waals surface area contributed by atoms with Crippen molar-refractivity contribution < 1.29 is 4.79 Å². The number of aromatic nitrogens is 2. The summed E-state index contributed by atoms with van der Waals surface area (Å²) in [4.78, 5) is 19.3. The van der Waals surface area contributed by atoms with Gasteiger partial charge < -0.3 is 21.8 Å². The molecule has 0 bridgehead atoms. The predicted octanol–water partition coefficient (Wildman–Crippen LogP) is -0.329. The highest BCUT2D eigenvalue weighted by Crippen LogP contribution is 2.10. The van der Waals surface area contributed by atoms with E-state index in [0.717, 1.165) is 0 Å². The number of anilines is 3. The molecule has 1 aromatic rings. The Hall–Kier alpha value is -2.09. The topological polar surface area (TPSA) is 131 Å². The molecule has 0 atom stereocenters. The van der Waals surface area contributed by atoms with Crippen molar-refractivity contribution >= 4 is 23.5 Å². The summed E-state index contributed by atoms with van der Waals surface area (Å²) in [5.74, 6) is 5.97. The van der Waals surface area contributed by atoms with Crippen molar-refractivity contribution in [1.29, 1.82) is 0 Å². The molecule has 0 fully saturated rings. The lowest BCUT2D eigenvalue weighted by atomic mass is 10.1. The standard InChI is InChI=1S/C10H19N7O/c1-10(2,3)16-8(18)5-13-6-4-7(17-12)15-9(11)14-6/h4H,5,12H2,1-3H3,(H,16,18)(H4,11,13,14,15,17). The molecule has 0 aliphatic rings. The summed E-state index contributed by atoms with van der Waals surface area (Å²) < 4.78 is 0. The van der Waals surface area contributed by atoms with Gasteiger partial charge in [-0.3, -0.25) is 4.79 Å². The van der Waals surface area contributed by atoms with Crippen LogP contribution in [0.25, 0.3) is 0 Å². The molecular weight excluding hydrogens is 234 g/mol. The first kappa shape index (κ1) is 14.0. The molecule has 0 aliphatic heterocycles. The van der Waals surface area contributed by atoms with E-state index in [1.807, 2.05) is 20.8 Å². The summed E-state index contributed by atoms with van der Waals surface area (Å²) in [6, 6.07) is 1.56. The largest absolute Gasteiger partial charge is 0.368 e. The highest BCUT2D eigenvalue weighted by Gasteiger charge is 2.13. The minimum absolute atomic E-state index is 0.0733. The highest BCUT2D eigenvalue weighted by molar-refractivity contribution is 5.81. The molecular formula is C10H19N7O. The number of nitrogen functional groups attached to an aromatic ring is 2. The second-order valence-electron chi connectivity index (χ2n) is 4.79. The smallest absolute Gasteiger partial charge is 0.239 e. The Morgan fingerprint density at radius 2 is 1.94 bits per heavy atom. The minimum Gasteiger partial charge on any atom is -0.368 e. The summed E-state index contributed by atoms with van der Waals surface area (Å²) in [5, 5.41) is 5.66. The molecule has 0 radical (unpaired) electrons. The number of carbonyl (C=O) groups excluding carboxylic acids is 1. The van der Waals surface area contributed by atoms with Gasteiger partial charge in [-0.05, 0) is 20.8 Å². The third-order valence-electron chi connectivity index (χ3n) is 1.84. The number of nitrogens with zero attached hydrogens (tertiary/aromatic N) is 2. The monoisotopic (exact) mass is 253 g/mol. The number of amides is 1. The van der Waals surface area contributed by atoms with E-state index in [9.17, 15) is 4.79 Å². The Labute approximate surface area is 106 Å². The normalized spacial score (nSPS) is 10.9. The number of rotatable bonds is 4. The Bertz CT molecular complexity index is 427. The molecule has 0 spiro atoms. The van der Waals surface area contributed by atoms with E-state index in [1.165, 1.54) is 0 Å². The first-order valence-electron chi connectivity index (χ1n) is 5.46. The van der Waals surface area contributed by atoms with Gasteiger partial charge in [0.05, 0.1) is 6.54 Å². The molecule has 1 aromatic heterocycles. The van der Waals surface area contributed by atoms with Crippen LogP contribution in [-0.4, -0.2) is 28.0 Å². The van der Waals surface area contributed by atoms with Crippen LogP contribution in [0.3, 0.4) is 0 Å². The van der Waals surface area contributed by atoms with Crippen LogP contribution in [0.4, 0.5) is 17.6 Å². The van der Waals surface area contributed by atoms with Crippen LogP contribution in [-0.2, 0) is 4.79 Å². The average Bonchev–Trinajstić information content (AvgIpc) is 2.23. The minimum atomic E-state index is -0.270. The lowest BCUT2D eigenvalue weighted by Gasteiger charge is -2.20. The highest BCUT2D eigenvalue weighted by atomic mass is 16.2. The van der Waals surface area contributed by atoms with E-state index < -0.39 is 0 Å². The van der Waals surface area contributed by atoms with Crippen molar-refractivity contribution in [2.45, 2.75) is 26.3 Å². The second kappa shape index (κ2) is 5.50. The molecule has 8 heteroatoms. The summed E-state index contributed by atoms with van der Waals surface area (Å²) in [7, 11) is 0. The third kappa shape index (κ3) is 4.83. The van der Waals surface area contributed by atoms with Crippen molar-refractivity contribution in [3.63, 3.8) is 0 Å². The lowest BCUT2D eigenvalue weighted by molar-refractivity contribution is -0.120. The summed E-state index contributed by atoms with van der Waals surface area (Å²) in [5.41, 5.74) is 7.58. The van der Waals surface area contributed by atoms with Gasteiger partial charge in [0, 0.05) is 11.6 Å². The molecule has 1 rings (SSSR count). The van der Waals surface area contributed by atoms with E-state index >= 15 is 0 Å². The molecule has 0 aliphatic carbocycles. The van der Waals surface area contributed by atoms with Crippen molar-refractivity contribution in [2.75, 3.05) is 23.0 Å². The lowest BCUT2D eigenvalue weighted by Crippen LogP contribution is -2.43. The fourth-order valence-corrected chi connectivity index (χ4v) is 1.26. The summed E-state index contributed by atoms with van der Waals surface area (Å²) in [6.45, 7) is 5.82. The van der Waals surface area contributed by atoms with Gasteiger partial charge in [0.1, 0.15) is 11.6 Å². The van der Waals surface area contributed by atoms with Crippen LogP contribution in [0.15, 0.2) is 6.07 Å². The first-order valence-corrected chi connectivity index (χ1v) is 5.46. The van der Waals surface area contributed by atoms with E-state index in [-0.39, 0.29) is 23.9 Å². The average molecular weight is 253 g/mol. The second-order valence-corrected chi connectivity index (χ2v) is 4.79. The molecule has 7 N–H and O–H groups in total. The van der Waals surface area contributed by atoms with Crippen LogP contribution >= 0.6 is 0 Å². The van der Waals surface area contributed by atoms with Gasteiger partial charge >= 0.3 is 0 Å². The van der Waals surface area contributed by atoms with E-state index in [0.29, 0.717) is 11.6 Å². The Morgan fingerprint density at radius 3 is 2.50 bits per heavy atom. The zero-order valence-electron chi connectivity index (χ0n) is 10.7. The third-order valence-corrected chi connectivity index (χ3v) is 1.84. The number of hydrogen-bond acceptors (Lipinski definition) is 7. The maximum absolute atomic E-state index is 11.6. The van der Waals surface area contributed by atoms with Gasteiger partial charge in [0.2, 0.25) is 11.9 Å². The maximum atomic E-state index is 11.6. The number of hydrazine groups is 1. The first-order chi connectivity index (χ1) is 8.30. The number of carbonyl (C=O) groups is 1. The van der Waals surface area contributed by atoms with Crippen molar-refractivity contribution in [3.05, 3.63) is 6.07 Å². The van der Waals surface area contributed by atoms with Crippen molar-refractivity contribution in [1.82, 2.24) is 15.3 Å². The van der Waals surface area contributed by atoms with Gasteiger partial charge in [-0.25, -0.2) is 5.84 Å². The van der Waals surface area contributed by atoms with Gasteiger partial charge in [-0.2, -0.15) is 9.97 Å². The Morgan fingerprint density at radius 1 is 1.33 bits per heavy atom. The summed E-state index contributed by atoms with van der Waals surface area (Å²) in [6.07, 6.45) is 0. The summed E-state index contributed by atoms with van der Waals surface area (Å²) >= 11 is 0. The molecule has 18 heavy (non-hydrogen) atoms. The van der Waals surface area contributed by atoms with Crippen molar-refractivity contribution in [3.8, 4) is 0 Å². The molecule has 0 unspecified atom stereocenters. The van der Waals surface area contributed by atoms with Crippen LogP contribution < -0.4 is 27.6 Å². The SMILES string of the molecule is CC(C)(C)NC(=O)CNc1cc(NN)nc(N)n1. The zero-order valence-corrected chi connectivity index (χ0v) is 10.7. The molecule has 8 nitrogen and oxygen atoms in total. The number of nitrogens with two attached hydrogens (primary N) is 2. The number of nitrogens with one attached hydrogen (secondary N) is 3. The van der Waals surface area contributed by atoms with Gasteiger partial charge in [0.25, 0.3) is 0 Å². The molecule has 0 saturated carbocycles. The van der Waals surface area contributed by atoms with E-state index in [2.05, 4.69) is 26.0 Å². The maximum Gasteiger partial charge on any atom is 0.239 e. The fraction of sp³-hybridized carbons (Fsp3) is 0.500. The van der Waals surface area contributed by atoms with Gasteiger partial charge in [0.15, 0.2) is 0 Å². The van der Waals surface area contributed by atoms with Crippen LogP contribution in [0, 0.1) is 0 Å². The van der Waals surface area contributed by atoms with Crippen LogP contribution in [0.5, 0.6) is 0 Å². The van der Waals surface area contributed by atoms with Gasteiger partial charge in [-0.1, -0.05) is 0 Å². The Balaban J connectivity index is 2.58. The zero-order chi connectivity index (χ0) is 13.8. The van der Waals surface area contributed by atoms with Crippen molar-refractivity contribution in [2.24, 2.45) is 5.84 Å². The predicted molar refractivity (Wildman–Crippen MR) is 70.6 cm³/mol. The van der Waals surface area contributed by atoms with Gasteiger partial charge in [-0.15, -0.1) is 0 Å². The quantitative estimate of drug-likeness (QED) is 0.367. The fourth-order valence-electron chi connectivity index (χ4n) is 1.26. The molecule has 0 aromatic carbocycles. The molecule has 100 valence electrons. The molecule has 1 heterocycles.